The van der Waals surface area contributed by atoms with Gasteiger partial charge in [-0.15, -0.1) is 0 Å². The van der Waals surface area contributed by atoms with Gasteiger partial charge >= 0.3 is 0 Å². The zero-order valence-electron chi connectivity index (χ0n) is 14.8. The molecule has 0 radical (unpaired) electrons. The second-order valence-electron chi connectivity index (χ2n) is 6.50. The Labute approximate surface area is 153 Å². The van der Waals surface area contributed by atoms with Gasteiger partial charge in [0.2, 0.25) is 0 Å². The predicted octanol–water partition coefficient (Wildman–Crippen LogP) is 3.81. The van der Waals surface area contributed by atoms with Gasteiger partial charge in [-0.1, -0.05) is 36.4 Å². The van der Waals surface area contributed by atoms with Crippen molar-refractivity contribution in [2.24, 2.45) is 0 Å². The summed E-state index contributed by atoms with van der Waals surface area (Å²) in [5.41, 5.74) is 2.56. The first-order valence-corrected chi connectivity index (χ1v) is 8.78. The average Bonchev–Trinajstić information content (AvgIpc) is 2.71. The second kappa shape index (κ2) is 7.08. The number of nitrogens with zero attached hydrogens (tertiary/aromatic N) is 1. The quantitative estimate of drug-likeness (QED) is 0.720. The summed E-state index contributed by atoms with van der Waals surface area (Å²) in [5.74, 6) is 1.51. The summed E-state index contributed by atoms with van der Waals surface area (Å²) in [6, 6.07) is 20.0. The van der Waals surface area contributed by atoms with Crippen molar-refractivity contribution in [1.82, 2.24) is 4.90 Å². The van der Waals surface area contributed by atoms with Crippen molar-refractivity contribution < 1.29 is 14.3 Å². The highest BCUT2D eigenvalue weighted by atomic mass is 16.5. The molecule has 0 unspecified atom stereocenters. The van der Waals surface area contributed by atoms with E-state index in [9.17, 15) is 4.79 Å². The molecule has 4 heteroatoms. The smallest absolute Gasteiger partial charge is 0.260 e. The zero-order valence-corrected chi connectivity index (χ0v) is 14.8. The predicted molar refractivity (Wildman–Crippen MR) is 102 cm³/mol. The van der Waals surface area contributed by atoms with E-state index in [0.717, 1.165) is 29.5 Å². The highest BCUT2D eigenvalue weighted by molar-refractivity contribution is 5.85. The molecule has 0 saturated heterocycles. The van der Waals surface area contributed by atoms with E-state index in [-0.39, 0.29) is 12.5 Å². The molecular formula is C22H21NO3. The molecule has 0 N–H and O–H groups in total. The minimum atomic E-state index is 0.0187. The van der Waals surface area contributed by atoms with Crippen LogP contribution in [0.25, 0.3) is 10.8 Å². The third-order valence-corrected chi connectivity index (χ3v) is 4.86. The summed E-state index contributed by atoms with van der Waals surface area (Å²) < 4.78 is 11.0. The van der Waals surface area contributed by atoms with Gasteiger partial charge in [-0.05, 0) is 52.6 Å². The largest absolute Gasteiger partial charge is 0.497 e. The van der Waals surface area contributed by atoms with Crippen LogP contribution in [0.4, 0.5) is 0 Å². The van der Waals surface area contributed by atoms with Gasteiger partial charge in [0.25, 0.3) is 5.91 Å². The maximum absolute atomic E-state index is 12.5. The topological polar surface area (TPSA) is 38.8 Å². The Morgan fingerprint density at radius 2 is 1.69 bits per heavy atom. The number of ether oxygens (including phenoxy) is 2. The first-order valence-electron chi connectivity index (χ1n) is 8.78. The van der Waals surface area contributed by atoms with Gasteiger partial charge in [0.05, 0.1) is 7.11 Å². The van der Waals surface area contributed by atoms with Gasteiger partial charge in [-0.3, -0.25) is 4.79 Å². The van der Waals surface area contributed by atoms with Crippen LogP contribution in [0.2, 0.25) is 0 Å². The fourth-order valence-electron chi connectivity index (χ4n) is 3.36. The monoisotopic (exact) mass is 347 g/mol. The molecule has 132 valence electrons. The molecule has 1 heterocycles. The molecule has 4 rings (SSSR count). The molecule has 1 aliphatic rings. The number of fused-ring (bicyclic) bond motifs is 2. The van der Waals surface area contributed by atoms with E-state index >= 15 is 0 Å². The van der Waals surface area contributed by atoms with Crippen LogP contribution in [-0.4, -0.2) is 31.1 Å². The molecular weight excluding hydrogens is 326 g/mol. The van der Waals surface area contributed by atoms with Crippen LogP contribution in [0, 0.1) is 0 Å². The Morgan fingerprint density at radius 3 is 2.50 bits per heavy atom. The summed E-state index contributed by atoms with van der Waals surface area (Å²) in [4.78, 5) is 14.4. The van der Waals surface area contributed by atoms with Crippen molar-refractivity contribution >= 4 is 16.7 Å². The lowest BCUT2D eigenvalue weighted by Gasteiger charge is -2.28. The lowest BCUT2D eigenvalue weighted by Crippen LogP contribution is -2.38. The van der Waals surface area contributed by atoms with E-state index in [2.05, 4.69) is 12.1 Å². The summed E-state index contributed by atoms with van der Waals surface area (Å²) >= 11 is 0. The second-order valence-corrected chi connectivity index (χ2v) is 6.50. The maximum atomic E-state index is 12.5. The minimum Gasteiger partial charge on any atom is -0.497 e. The minimum absolute atomic E-state index is 0.0187. The molecule has 0 saturated carbocycles. The number of benzene rings is 3. The summed E-state index contributed by atoms with van der Waals surface area (Å²) in [6.45, 7) is 1.46. The number of amides is 1. The first-order chi connectivity index (χ1) is 12.7. The molecule has 0 bridgehead atoms. The van der Waals surface area contributed by atoms with Crippen molar-refractivity contribution in [2.45, 2.75) is 13.0 Å². The van der Waals surface area contributed by atoms with E-state index in [1.165, 1.54) is 11.1 Å². The highest BCUT2D eigenvalue weighted by Gasteiger charge is 2.20. The summed E-state index contributed by atoms with van der Waals surface area (Å²) in [7, 11) is 1.65. The lowest BCUT2D eigenvalue weighted by molar-refractivity contribution is -0.134. The molecule has 26 heavy (non-hydrogen) atoms. The molecule has 1 aliphatic heterocycles. The third-order valence-electron chi connectivity index (χ3n) is 4.86. The number of carbonyl (C=O) groups is 1. The van der Waals surface area contributed by atoms with Crippen molar-refractivity contribution in [2.75, 3.05) is 20.3 Å². The van der Waals surface area contributed by atoms with Crippen LogP contribution in [0.5, 0.6) is 11.5 Å². The van der Waals surface area contributed by atoms with E-state index < -0.39 is 0 Å². The molecule has 1 amide bonds. The van der Waals surface area contributed by atoms with E-state index in [1.807, 2.05) is 53.4 Å². The van der Waals surface area contributed by atoms with Crippen molar-refractivity contribution in [1.29, 1.82) is 0 Å². The SMILES string of the molecule is COc1ccc2ccc(OCC(=O)N3CCc4ccccc4C3)cc2c1. The van der Waals surface area contributed by atoms with Gasteiger partial charge in [0.1, 0.15) is 11.5 Å². The maximum Gasteiger partial charge on any atom is 0.260 e. The summed E-state index contributed by atoms with van der Waals surface area (Å²) in [6.07, 6.45) is 0.900. The summed E-state index contributed by atoms with van der Waals surface area (Å²) in [5, 5.41) is 2.14. The Balaban J connectivity index is 1.42. The van der Waals surface area contributed by atoms with Crippen LogP contribution >= 0.6 is 0 Å². The Morgan fingerprint density at radius 1 is 0.962 bits per heavy atom. The van der Waals surface area contributed by atoms with Gasteiger partial charge in [0.15, 0.2) is 6.61 Å². The van der Waals surface area contributed by atoms with Crippen molar-refractivity contribution in [3.63, 3.8) is 0 Å². The number of methoxy groups -OCH3 is 1. The molecule has 0 fully saturated rings. The first kappa shape index (κ1) is 16.5. The molecule has 0 aliphatic carbocycles. The Bertz CT molecular complexity index is 951. The van der Waals surface area contributed by atoms with E-state index in [1.54, 1.807) is 7.11 Å². The molecule has 0 atom stereocenters. The average molecular weight is 347 g/mol. The molecule has 3 aromatic carbocycles. The number of carbonyl (C=O) groups excluding carboxylic acids is 1. The van der Waals surface area contributed by atoms with Crippen LogP contribution in [0.3, 0.4) is 0 Å². The number of rotatable bonds is 4. The van der Waals surface area contributed by atoms with Crippen molar-refractivity contribution in [3.05, 3.63) is 71.8 Å². The lowest BCUT2D eigenvalue weighted by atomic mass is 10.00. The fraction of sp³-hybridized carbons (Fsp3) is 0.227. The fourth-order valence-corrected chi connectivity index (χ4v) is 3.36. The highest BCUT2D eigenvalue weighted by Crippen LogP contribution is 2.25. The van der Waals surface area contributed by atoms with Crippen molar-refractivity contribution in [3.8, 4) is 11.5 Å². The van der Waals surface area contributed by atoms with Gasteiger partial charge in [-0.25, -0.2) is 0 Å². The number of hydrogen-bond acceptors (Lipinski definition) is 3. The molecule has 0 aromatic heterocycles. The third kappa shape index (κ3) is 3.36. The van der Waals surface area contributed by atoms with Gasteiger partial charge < -0.3 is 14.4 Å². The standard InChI is InChI=1S/C22H21NO3/c1-25-20-8-6-17-7-9-21(13-19(17)12-20)26-15-22(24)23-11-10-16-4-2-3-5-18(16)14-23/h2-9,12-13H,10-11,14-15H2,1H3. The zero-order chi connectivity index (χ0) is 17.9. The van der Waals surface area contributed by atoms with Crippen LogP contribution < -0.4 is 9.47 Å². The Hall–Kier alpha value is -3.01. The van der Waals surface area contributed by atoms with Gasteiger partial charge in [0, 0.05) is 13.1 Å². The molecule has 4 nitrogen and oxygen atoms in total. The number of hydrogen-bond donors (Lipinski definition) is 0. The van der Waals surface area contributed by atoms with Gasteiger partial charge in [-0.2, -0.15) is 0 Å². The normalized spacial score (nSPS) is 13.3. The van der Waals surface area contributed by atoms with Crippen LogP contribution in [-0.2, 0) is 17.8 Å². The van der Waals surface area contributed by atoms with Crippen LogP contribution in [0.1, 0.15) is 11.1 Å². The van der Waals surface area contributed by atoms with E-state index in [0.29, 0.717) is 12.3 Å². The molecule has 3 aromatic rings. The van der Waals surface area contributed by atoms with E-state index in [4.69, 9.17) is 9.47 Å². The Kier molecular flexibility index (Phi) is 4.48. The van der Waals surface area contributed by atoms with Crippen LogP contribution in [0.15, 0.2) is 60.7 Å². The molecule has 0 spiro atoms.